The van der Waals surface area contributed by atoms with E-state index in [2.05, 4.69) is 17.7 Å². The van der Waals surface area contributed by atoms with E-state index in [4.69, 9.17) is 65.4 Å². The van der Waals surface area contributed by atoms with Crippen LogP contribution in [0.3, 0.4) is 0 Å². The fourth-order valence-electron chi connectivity index (χ4n) is 8.71. The van der Waals surface area contributed by atoms with E-state index < -0.39 is 101 Å². The zero-order valence-electron chi connectivity index (χ0n) is 48.1. The molecule has 2 atom stereocenters. The van der Waals surface area contributed by atoms with Crippen molar-refractivity contribution in [1.82, 2.24) is 0 Å². The molecule has 0 spiro atoms. The van der Waals surface area contributed by atoms with Gasteiger partial charge in [-0.3, -0.25) is 44.2 Å². The summed E-state index contributed by atoms with van der Waals surface area (Å²) in [5.74, 6) is -5.71. The molecule has 30 heteroatoms. The van der Waals surface area contributed by atoms with Crippen molar-refractivity contribution < 1.29 is 88.7 Å². The number of nitro groups is 2. The monoisotopic (exact) mass is 1330 g/mol. The lowest BCUT2D eigenvalue weighted by molar-refractivity contribution is -0.385. The van der Waals surface area contributed by atoms with Crippen LogP contribution in [0.25, 0.3) is 0 Å². The van der Waals surface area contributed by atoms with Crippen molar-refractivity contribution >= 4 is 120 Å². The standard InChI is InChI=1S/C18H13ClF3NO7.C15H22ClNO2.C14H13NO7S.C11H11Cl2NO2/c1-2-28-16(24)9-29-17(25)12-8-11(4-5-14(12)23(26)27)30-15-6-3-10(7-13(15)19)18(20,21)22;1-5-13-8-6-7-11(2)15(13)17(14(18)9-16)12(3)10-19-4;1-23(21,22)8-5-6-9(10(7-8)15(19)20)14(18)13-11(16)3-2-4-12(13)17;1-7-6-16-9-5-3-2-4-8(9)14(7)11(15)10(12)13/h3-8H,2,9H2,1H3;6-8,12H,5,9-10H2,1-4H3;5-7,13H,2-4H2,1H3;2-5,7,10H,6H2,1H3. The molecule has 0 radical (unpaired) electrons. The van der Waals surface area contributed by atoms with Crippen molar-refractivity contribution in [2.75, 3.05) is 55.5 Å². The first-order valence-electron chi connectivity index (χ1n) is 26.3. The number of fused-ring (bicyclic) bond motifs is 1. The number of Topliss-reactive ketones (excluding diaryl/α,β-unsaturated/α-hetero) is 3. The van der Waals surface area contributed by atoms with Crippen LogP contribution < -0.4 is 19.3 Å². The number of halogens is 7. The Hall–Kier alpha value is -7.75. The number of methoxy groups -OCH3 is 1. The fourth-order valence-corrected chi connectivity index (χ4v) is 9.91. The van der Waals surface area contributed by atoms with E-state index in [1.807, 2.05) is 57.2 Å². The second-order valence-electron chi connectivity index (χ2n) is 19.1. The molecule has 0 N–H and O–H groups in total. The van der Waals surface area contributed by atoms with Gasteiger partial charge in [0.1, 0.15) is 41.2 Å². The molecule has 0 aromatic heterocycles. The number of para-hydroxylation sites is 3. The highest BCUT2D eigenvalue weighted by atomic mass is 35.5. The number of hydrogen-bond acceptors (Lipinski definition) is 18. The van der Waals surface area contributed by atoms with Crippen molar-refractivity contribution in [1.29, 1.82) is 0 Å². The van der Waals surface area contributed by atoms with Gasteiger partial charge in [0, 0.05) is 44.4 Å². The summed E-state index contributed by atoms with van der Waals surface area (Å²) in [7, 11) is -2.06. The summed E-state index contributed by atoms with van der Waals surface area (Å²) in [4.78, 5) is 106. The van der Waals surface area contributed by atoms with E-state index in [9.17, 15) is 75.4 Å². The molecule has 1 aliphatic heterocycles. The summed E-state index contributed by atoms with van der Waals surface area (Å²) < 4.78 is 86.4. The van der Waals surface area contributed by atoms with Gasteiger partial charge < -0.3 is 33.5 Å². The lowest BCUT2D eigenvalue weighted by atomic mass is 9.81. The van der Waals surface area contributed by atoms with Gasteiger partial charge in [-0.2, -0.15) is 13.2 Å². The fraction of sp³-hybridized carbons (Fsp3) is 0.362. The first-order valence-corrected chi connectivity index (χ1v) is 30.0. The third kappa shape index (κ3) is 19.6. The predicted molar refractivity (Wildman–Crippen MR) is 319 cm³/mol. The molecule has 474 valence electrons. The van der Waals surface area contributed by atoms with Gasteiger partial charge in [-0.25, -0.2) is 18.0 Å². The number of hydrogen-bond donors (Lipinski definition) is 0. The van der Waals surface area contributed by atoms with Gasteiger partial charge in [-0.05, 0) is 100 Å². The highest BCUT2D eigenvalue weighted by molar-refractivity contribution is 7.90. The highest BCUT2D eigenvalue weighted by Crippen LogP contribution is 2.39. The van der Waals surface area contributed by atoms with E-state index in [1.54, 1.807) is 16.9 Å². The number of anilines is 2. The largest absolute Gasteiger partial charge is 0.489 e. The molecule has 22 nitrogen and oxygen atoms in total. The molecule has 5 aromatic carbocycles. The summed E-state index contributed by atoms with van der Waals surface area (Å²) >= 11 is 22.8. The zero-order chi connectivity index (χ0) is 66.0. The summed E-state index contributed by atoms with van der Waals surface area (Å²) in [6, 6.07) is 21.5. The minimum absolute atomic E-state index is 0.0223. The SMILES string of the molecule is CC1COc2ccccc2N1C(=O)C(Cl)Cl.CCOC(=O)COC(=O)c1cc(Oc2ccc(C(F)(F)F)cc2Cl)ccc1[N+](=O)[O-].CCc1cccc(C)c1N(C(=O)CCl)C(C)COC.CS(=O)(=O)c1ccc(C(=O)C2C(=O)CCCC2=O)c([N+](=O)[O-])c1. The van der Waals surface area contributed by atoms with E-state index in [0.717, 1.165) is 83.7 Å². The minimum Gasteiger partial charge on any atom is -0.489 e. The Kier molecular flexibility index (Phi) is 27.3. The van der Waals surface area contributed by atoms with Crippen LogP contribution in [0.15, 0.2) is 102 Å². The molecule has 0 bridgehead atoms. The molecule has 5 aromatic rings. The number of nitro benzene ring substituents is 2. The lowest BCUT2D eigenvalue weighted by Gasteiger charge is -2.35. The Bertz CT molecular complexity index is 3520. The smallest absolute Gasteiger partial charge is 0.416 e. The van der Waals surface area contributed by atoms with E-state index >= 15 is 0 Å². The van der Waals surface area contributed by atoms with Crippen LogP contribution in [-0.2, 0) is 60.6 Å². The van der Waals surface area contributed by atoms with Gasteiger partial charge >= 0.3 is 18.1 Å². The normalized spacial score (nSPS) is 14.2. The maximum atomic E-state index is 12.7. The van der Waals surface area contributed by atoms with Crippen LogP contribution in [0.1, 0.15) is 84.4 Å². The Balaban J connectivity index is 0.000000258. The van der Waals surface area contributed by atoms with Crippen LogP contribution in [0.4, 0.5) is 35.9 Å². The number of sulfone groups is 1. The summed E-state index contributed by atoms with van der Waals surface area (Å²) in [5.41, 5.74) is 0.603. The number of benzene rings is 5. The Morgan fingerprint density at radius 1 is 0.864 bits per heavy atom. The average Bonchev–Trinajstić information content (AvgIpc) is 1.82. The number of esters is 2. The highest BCUT2D eigenvalue weighted by Gasteiger charge is 2.40. The number of carbonyl (C=O) groups excluding carboxylic acids is 7. The van der Waals surface area contributed by atoms with Crippen molar-refractivity contribution in [3.05, 3.63) is 150 Å². The Labute approximate surface area is 523 Å². The van der Waals surface area contributed by atoms with Crippen LogP contribution >= 0.6 is 46.4 Å². The maximum absolute atomic E-state index is 12.7. The van der Waals surface area contributed by atoms with Crippen molar-refractivity contribution in [2.45, 2.75) is 88.3 Å². The number of rotatable bonds is 18. The molecule has 2 aliphatic rings. The third-order valence-corrected chi connectivity index (χ3v) is 14.8. The molecular weight excluding hydrogens is 1270 g/mol. The number of ether oxygens (including phenoxy) is 5. The average molecular weight is 1330 g/mol. The first kappa shape index (κ1) is 72.7. The minimum atomic E-state index is -4.61. The van der Waals surface area contributed by atoms with Crippen LogP contribution in [0.5, 0.6) is 17.2 Å². The summed E-state index contributed by atoms with van der Waals surface area (Å²) in [5, 5.41) is 21.9. The maximum Gasteiger partial charge on any atom is 0.416 e. The van der Waals surface area contributed by atoms with Crippen LogP contribution in [0, 0.1) is 33.1 Å². The Morgan fingerprint density at radius 2 is 1.51 bits per heavy atom. The van der Waals surface area contributed by atoms with Gasteiger partial charge in [0.15, 0.2) is 38.6 Å². The van der Waals surface area contributed by atoms with Crippen LogP contribution in [0.2, 0.25) is 5.02 Å². The quantitative estimate of drug-likeness (QED) is 0.0197. The second-order valence-corrected chi connectivity index (χ2v) is 22.9. The molecule has 1 fully saturated rings. The summed E-state index contributed by atoms with van der Waals surface area (Å²) in [6.45, 7) is 9.73. The van der Waals surface area contributed by atoms with Gasteiger partial charge in [-0.1, -0.05) is 72.1 Å². The molecular formula is C58H59Cl4F3N4O18S. The molecule has 1 aliphatic carbocycles. The van der Waals surface area contributed by atoms with Crippen LogP contribution in [-0.4, -0.2) is 122 Å². The van der Waals surface area contributed by atoms with E-state index in [0.29, 0.717) is 31.5 Å². The van der Waals surface area contributed by atoms with Crippen molar-refractivity contribution in [2.24, 2.45) is 5.92 Å². The Morgan fingerprint density at radius 3 is 2.07 bits per heavy atom. The second kappa shape index (κ2) is 33.0. The lowest BCUT2D eigenvalue weighted by Crippen LogP contribution is -2.47. The van der Waals surface area contributed by atoms with E-state index in [1.165, 1.54) is 6.92 Å². The predicted octanol–water partition coefficient (Wildman–Crippen LogP) is 11.7. The van der Waals surface area contributed by atoms with Gasteiger partial charge in [0.25, 0.3) is 17.3 Å². The number of amides is 2. The van der Waals surface area contributed by atoms with E-state index in [-0.39, 0.29) is 70.6 Å². The molecule has 88 heavy (non-hydrogen) atoms. The number of aryl methyl sites for hydroxylation is 2. The van der Waals surface area contributed by atoms with Gasteiger partial charge in [0.2, 0.25) is 5.91 Å². The first-order chi connectivity index (χ1) is 41.3. The van der Waals surface area contributed by atoms with Gasteiger partial charge in [-0.15, -0.1) is 11.6 Å². The molecule has 0 saturated heterocycles. The molecule has 2 amide bonds. The zero-order valence-corrected chi connectivity index (χ0v) is 51.9. The molecule has 7 rings (SSSR count). The van der Waals surface area contributed by atoms with Crippen molar-refractivity contribution in [3.8, 4) is 17.2 Å². The molecule has 2 unspecified atom stereocenters. The number of nitrogens with zero attached hydrogens (tertiary/aromatic N) is 4. The van der Waals surface area contributed by atoms with Gasteiger partial charge in [0.05, 0.1) is 67.6 Å². The topological polar surface area (TPSA) is 293 Å². The number of ketones is 3. The third-order valence-electron chi connectivity index (χ3n) is 12.8. The molecule has 1 heterocycles. The number of alkyl halides is 6. The molecule has 1 saturated carbocycles. The number of carbonyl (C=O) groups is 7. The van der Waals surface area contributed by atoms with Crippen molar-refractivity contribution in [3.63, 3.8) is 0 Å². The summed E-state index contributed by atoms with van der Waals surface area (Å²) in [6.07, 6.45) is -2.36.